The Kier molecular flexibility index (Phi) is 4.91. The minimum atomic E-state index is -0.515. The fourth-order valence-electron chi connectivity index (χ4n) is 2.87. The molecule has 3 rings (SSSR count). The number of carbonyl (C=O) groups excluding carboxylic acids is 1. The van der Waals surface area contributed by atoms with Crippen LogP contribution in [0.5, 0.6) is 5.75 Å². The fourth-order valence-corrected chi connectivity index (χ4v) is 2.87. The summed E-state index contributed by atoms with van der Waals surface area (Å²) in [5.41, 5.74) is 3.80. The Labute approximate surface area is 136 Å². The molecule has 1 heterocycles. The van der Waals surface area contributed by atoms with Gasteiger partial charge in [0.2, 0.25) is 0 Å². The van der Waals surface area contributed by atoms with E-state index in [0.717, 1.165) is 24.2 Å². The van der Waals surface area contributed by atoms with E-state index in [4.69, 9.17) is 4.74 Å². The van der Waals surface area contributed by atoms with Crippen LogP contribution in [-0.2, 0) is 24.2 Å². The van der Waals surface area contributed by atoms with Gasteiger partial charge in [-0.05, 0) is 73.6 Å². The lowest BCUT2D eigenvalue weighted by molar-refractivity contribution is -0.127. The fraction of sp³-hybridized carbons (Fsp3) is 0.368. The van der Waals surface area contributed by atoms with Crippen molar-refractivity contribution in [1.29, 1.82) is 0 Å². The summed E-state index contributed by atoms with van der Waals surface area (Å²) in [6.45, 7) is 2.26. The SMILES string of the molecule is C[C@@H](Oc1ccc2c(c1)CCCC2)C(=O)NCc1ccncc1. The minimum absolute atomic E-state index is 0.112. The van der Waals surface area contributed by atoms with Crippen LogP contribution < -0.4 is 10.1 Å². The molecule has 1 N–H and O–H groups in total. The van der Waals surface area contributed by atoms with Crippen LogP contribution in [0.15, 0.2) is 42.7 Å². The number of nitrogens with zero attached hydrogens (tertiary/aromatic N) is 1. The molecular weight excluding hydrogens is 288 g/mol. The molecule has 4 heteroatoms. The summed E-state index contributed by atoms with van der Waals surface area (Å²) in [6, 6.07) is 9.95. The number of hydrogen-bond acceptors (Lipinski definition) is 3. The third-order valence-corrected chi connectivity index (χ3v) is 4.22. The van der Waals surface area contributed by atoms with Crippen LogP contribution in [0.2, 0.25) is 0 Å². The zero-order chi connectivity index (χ0) is 16.1. The Balaban J connectivity index is 1.55. The van der Waals surface area contributed by atoms with Crippen LogP contribution >= 0.6 is 0 Å². The van der Waals surface area contributed by atoms with Crippen molar-refractivity contribution in [1.82, 2.24) is 10.3 Å². The van der Waals surface area contributed by atoms with Crippen LogP contribution in [0.1, 0.15) is 36.5 Å². The van der Waals surface area contributed by atoms with Crippen molar-refractivity contribution >= 4 is 5.91 Å². The van der Waals surface area contributed by atoms with Crippen molar-refractivity contribution in [3.8, 4) is 5.75 Å². The van der Waals surface area contributed by atoms with Crippen LogP contribution in [-0.4, -0.2) is 17.0 Å². The molecule has 1 atom stereocenters. The highest BCUT2D eigenvalue weighted by Crippen LogP contribution is 2.25. The Morgan fingerprint density at radius 3 is 2.70 bits per heavy atom. The number of aryl methyl sites for hydroxylation is 2. The second-order valence-corrected chi connectivity index (χ2v) is 5.97. The summed E-state index contributed by atoms with van der Waals surface area (Å²) in [6.07, 6.45) is 7.67. The molecule has 0 unspecified atom stereocenters. The molecule has 0 bridgehead atoms. The Bertz CT molecular complexity index is 670. The summed E-state index contributed by atoms with van der Waals surface area (Å²) in [5, 5.41) is 2.89. The standard InChI is InChI=1S/C19H22N2O2/c1-14(19(22)21-13-15-8-10-20-11-9-15)23-18-7-6-16-4-2-3-5-17(16)12-18/h6-12,14H,2-5,13H2,1H3,(H,21,22)/t14-/m1/s1. The lowest BCUT2D eigenvalue weighted by Crippen LogP contribution is -2.35. The molecule has 1 aliphatic carbocycles. The summed E-state index contributed by atoms with van der Waals surface area (Å²) in [4.78, 5) is 16.1. The van der Waals surface area contributed by atoms with Crippen molar-refractivity contribution < 1.29 is 9.53 Å². The predicted molar refractivity (Wildman–Crippen MR) is 89.3 cm³/mol. The van der Waals surface area contributed by atoms with E-state index in [0.29, 0.717) is 6.54 Å². The molecule has 1 amide bonds. The van der Waals surface area contributed by atoms with E-state index >= 15 is 0 Å². The number of carbonyl (C=O) groups is 1. The summed E-state index contributed by atoms with van der Waals surface area (Å²) < 4.78 is 5.81. The first-order chi connectivity index (χ1) is 11.2. The topological polar surface area (TPSA) is 51.2 Å². The van der Waals surface area contributed by atoms with Gasteiger partial charge in [0, 0.05) is 18.9 Å². The number of aromatic nitrogens is 1. The molecule has 2 aromatic rings. The van der Waals surface area contributed by atoms with Crippen LogP contribution in [0.25, 0.3) is 0 Å². The van der Waals surface area contributed by atoms with Crippen molar-refractivity contribution in [2.45, 2.75) is 45.3 Å². The highest BCUT2D eigenvalue weighted by molar-refractivity contribution is 5.80. The highest BCUT2D eigenvalue weighted by atomic mass is 16.5. The third-order valence-electron chi connectivity index (χ3n) is 4.22. The van der Waals surface area contributed by atoms with E-state index in [9.17, 15) is 4.79 Å². The number of amides is 1. The van der Waals surface area contributed by atoms with Gasteiger partial charge >= 0.3 is 0 Å². The van der Waals surface area contributed by atoms with E-state index in [-0.39, 0.29) is 5.91 Å². The molecule has 23 heavy (non-hydrogen) atoms. The number of fused-ring (bicyclic) bond motifs is 1. The van der Waals surface area contributed by atoms with Gasteiger partial charge < -0.3 is 10.1 Å². The molecule has 0 radical (unpaired) electrons. The maximum Gasteiger partial charge on any atom is 0.261 e. The van der Waals surface area contributed by atoms with E-state index in [1.165, 1.54) is 24.0 Å². The maximum absolute atomic E-state index is 12.2. The monoisotopic (exact) mass is 310 g/mol. The number of pyridine rings is 1. The van der Waals surface area contributed by atoms with Gasteiger partial charge in [0.25, 0.3) is 5.91 Å². The second-order valence-electron chi connectivity index (χ2n) is 5.97. The van der Waals surface area contributed by atoms with E-state index < -0.39 is 6.10 Å². The molecule has 120 valence electrons. The number of benzene rings is 1. The molecule has 0 spiro atoms. The molecular formula is C19H22N2O2. The summed E-state index contributed by atoms with van der Waals surface area (Å²) in [5.74, 6) is 0.664. The van der Waals surface area contributed by atoms with Crippen LogP contribution in [0.3, 0.4) is 0 Å². The lowest BCUT2D eigenvalue weighted by atomic mass is 9.92. The van der Waals surface area contributed by atoms with Gasteiger partial charge in [0.05, 0.1) is 0 Å². The number of nitrogens with one attached hydrogen (secondary N) is 1. The van der Waals surface area contributed by atoms with Crippen LogP contribution in [0.4, 0.5) is 0 Å². The first-order valence-electron chi connectivity index (χ1n) is 8.17. The zero-order valence-corrected chi connectivity index (χ0v) is 13.4. The quantitative estimate of drug-likeness (QED) is 0.923. The van der Waals surface area contributed by atoms with E-state index in [1.54, 1.807) is 19.3 Å². The largest absolute Gasteiger partial charge is 0.481 e. The average molecular weight is 310 g/mol. The Morgan fingerprint density at radius 2 is 1.91 bits per heavy atom. The second kappa shape index (κ2) is 7.27. The van der Waals surface area contributed by atoms with Gasteiger partial charge in [-0.15, -0.1) is 0 Å². The number of ether oxygens (including phenoxy) is 1. The molecule has 1 aromatic carbocycles. The van der Waals surface area contributed by atoms with E-state index in [1.807, 2.05) is 18.2 Å². The smallest absolute Gasteiger partial charge is 0.261 e. The number of rotatable bonds is 5. The summed E-state index contributed by atoms with van der Waals surface area (Å²) >= 11 is 0. The summed E-state index contributed by atoms with van der Waals surface area (Å²) in [7, 11) is 0. The van der Waals surface area contributed by atoms with Gasteiger partial charge in [-0.1, -0.05) is 6.07 Å². The van der Waals surface area contributed by atoms with Gasteiger partial charge in [-0.2, -0.15) is 0 Å². The van der Waals surface area contributed by atoms with Crippen molar-refractivity contribution in [3.05, 3.63) is 59.4 Å². The predicted octanol–water partition coefficient (Wildman–Crippen LogP) is 3.04. The molecule has 4 nitrogen and oxygen atoms in total. The number of hydrogen-bond donors (Lipinski definition) is 1. The highest BCUT2D eigenvalue weighted by Gasteiger charge is 2.16. The van der Waals surface area contributed by atoms with E-state index in [2.05, 4.69) is 22.4 Å². The molecule has 0 saturated carbocycles. The van der Waals surface area contributed by atoms with Gasteiger partial charge in [-0.25, -0.2) is 0 Å². The maximum atomic E-state index is 12.2. The molecule has 0 fully saturated rings. The van der Waals surface area contributed by atoms with Gasteiger partial charge in [0.1, 0.15) is 5.75 Å². The zero-order valence-electron chi connectivity index (χ0n) is 13.4. The third kappa shape index (κ3) is 4.09. The molecule has 1 aliphatic rings. The average Bonchev–Trinajstić information content (AvgIpc) is 2.60. The molecule has 0 aliphatic heterocycles. The molecule has 1 aromatic heterocycles. The minimum Gasteiger partial charge on any atom is -0.481 e. The Morgan fingerprint density at radius 1 is 1.17 bits per heavy atom. The van der Waals surface area contributed by atoms with Crippen molar-refractivity contribution in [2.24, 2.45) is 0 Å². The van der Waals surface area contributed by atoms with Crippen molar-refractivity contribution in [2.75, 3.05) is 0 Å². The van der Waals surface area contributed by atoms with Crippen LogP contribution in [0, 0.1) is 0 Å². The lowest BCUT2D eigenvalue weighted by Gasteiger charge is -2.19. The first kappa shape index (κ1) is 15.5. The molecule has 0 saturated heterocycles. The Hall–Kier alpha value is -2.36. The van der Waals surface area contributed by atoms with Crippen molar-refractivity contribution in [3.63, 3.8) is 0 Å². The van der Waals surface area contributed by atoms with Gasteiger partial charge in [-0.3, -0.25) is 9.78 Å². The normalized spacial score (nSPS) is 14.7. The first-order valence-corrected chi connectivity index (χ1v) is 8.17. The van der Waals surface area contributed by atoms with Gasteiger partial charge in [0.15, 0.2) is 6.10 Å².